The van der Waals surface area contributed by atoms with Crippen LogP contribution in [-0.4, -0.2) is 25.8 Å². The van der Waals surface area contributed by atoms with Gasteiger partial charge in [-0.2, -0.15) is 0 Å². The lowest BCUT2D eigenvalue weighted by atomic mass is 10.0. The molecule has 6 heteroatoms. The second-order valence-corrected chi connectivity index (χ2v) is 7.62. The van der Waals surface area contributed by atoms with Crippen LogP contribution < -0.4 is 5.32 Å². The average Bonchev–Trinajstić information content (AvgIpc) is 2.63. The summed E-state index contributed by atoms with van der Waals surface area (Å²) in [7, 11) is -2.93. The first kappa shape index (κ1) is 14.3. The average molecular weight is 302 g/mol. The molecule has 1 N–H and O–H groups in total. The zero-order valence-corrected chi connectivity index (χ0v) is 12.2. The van der Waals surface area contributed by atoms with Gasteiger partial charge in [-0.25, -0.2) is 8.42 Å². The highest BCUT2D eigenvalue weighted by Crippen LogP contribution is 2.23. The van der Waals surface area contributed by atoms with Crippen molar-refractivity contribution in [3.63, 3.8) is 0 Å². The lowest BCUT2D eigenvalue weighted by molar-refractivity contribution is -0.116. The number of nitrogens with one attached hydrogen (secondary N) is 1. The number of halogens is 1. The number of benzene rings is 1. The molecule has 0 spiro atoms. The normalized spacial score (nSPS) is 21.3. The molecule has 104 valence electrons. The fraction of sp³-hybridized carbons (Fsp3) is 0.462. The Kier molecular flexibility index (Phi) is 4.16. The fourth-order valence-corrected chi connectivity index (χ4v) is 4.22. The van der Waals surface area contributed by atoms with Crippen molar-refractivity contribution in [2.24, 2.45) is 5.92 Å². The van der Waals surface area contributed by atoms with Crippen LogP contribution in [-0.2, 0) is 14.6 Å². The van der Waals surface area contributed by atoms with Gasteiger partial charge in [-0.1, -0.05) is 17.7 Å². The van der Waals surface area contributed by atoms with Gasteiger partial charge in [-0.15, -0.1) is 0 Å². The van der Waals surface area contributed by atoms with Crippen LogP contribution in [0.1, 0.15) is 18.4 Å². The summed E-state index contributed by atoms with van der Waals surface area (Å²) in [4.78, 5) is 11.8. The van der Waals surface area contributed by atoms with Crippen LogP contribution in [0.4, 0.5) is 5.69 Å². The summed E-state index contributed by atoms with van der Waals surface area (Å²) in [5.74, 6) is 0.0871. The molecule has 1 aliphatic rings. The van der Waals surface area contributed by atoms with Gasteiger partial charge >= 0.3 is 0 Å². The molecule has 1 unspecified atom stereocenters. The molecular formula is C13H16ClNO3S. The smallest absolute Gasteiger partial charge is 0.224 e. The highest BCUT2D eigenvalue weighted by atomic mass is 35.5. The second-order valence-electron chi connectivity index (χ2n) is 4.99. The Balaban J connectivity index is 1.93. The summed E-state index contributed by atoms with van der Waals surface area (Å²) in [6.07, 6.45) is 0.815. The molecular weight excluding hydrogens is 286 g/mol. The van der Waals surface area contributed by atoms with Gasteiger partial charge in [0, 0.05) is 17.1 Å². The van der Waals surface area contributed by atoms with E-state index in [4.69, 9.17) is 11.6 Å². The molecule has 0 radical (unpaired) electrons. The minimum atomic E-state index is -2.93. The van der Waals surface area contributed by atoms with Gasteiger partial charge in [-0.05, 0) is 37.0 Å². The summed E-state index contributed by atoms with van der Waals surface area (Å²) < 4.78 is 22.6. The van der Waals surface area contributed by atoms with Crippen LogP contribution in [0, 0.1) is 12.8 Å². The SMILES string of the molecule is Cc1ccc(NC(=O)CC2CCS(=O)(=O)C2)cc1Cl. The number of amides is 1. The number of anilines is 1. The van der Waals surface area contributed by atoms with Crippen LogP contribution in [0.25, 0.3) is 0 Å². The molecule has 0 aliphatic carbocycles. The standard InChI is InChI=1S/C13H16ClNO3S/c1-9-2-3-11(7-12(9)14)15-13(16)6-10-4-5-19(17,18)8-10/h2-3,7,10H,4-6,8H2,1H3,(H,15,16). The molecule has 1 aromatic rings. The third-order valence-corrected chi connectivity index (χ3v) is 5.50. The molecule has 1 fully saturated rings. The third-order valence-electron chi connectivity index (χ3n) is 3.26. The van der Waals surface area contributed by atoms with E-state index in [2.05, 4.69) is 5.32 Å². The predicted octanol–water partition coefficient (Wildman–Crippen LogP) is 2.41. The van der Waals surface area contributed by atoms with Crippen molar-refractivity contribution in [2.75, 3.05) is 16.8 Å². The zero-order valence-electron chi connectivity index (χ0n) is 10.6. The van der Waals surface area contributed by atoms with Gasteiger partial charge in [0.15, 0.2) is 9.84 Å². The molecule has 1 amide bonds. The van der Waals surface area contributed by atoms with Crippen LogP contribution in [0.5, 0.6) is 0 Å². The Morgan fingerprint density at radius 2 is 2.21 bits per heavy atom. The van der Waals surface area contributed by atoms with E-state index in [9.17, 15) is 13.2 Å². The third kappa shape index (κ3) is 3.94. The number of aryl methyl sites for hydroxylation is 1. The number of sulfone groups is 1. The highest BCUT2D eigenvalue weighted by molar-refractivity contribution is 7.91. The molecule has 1 aromatic carbocycles. The second kappa shape index (κ2) is 5.51. The van der Waals surface area contributed by atoms with Gasteiger partial charge in [0.2, 0.25) is 5.91 Å². The van der Waals surface area contributed by atoms with Crippen molar-refractivity contribution in [1.82, 2.24) is 0 Å². The molecule has 0 saturated carbocycles. The van der Waals surface area contributed by atoms with Gasteiger partial charge < -0.3 is 5.32 Å². The maximum atomic E-state index is 11.8. The summed E-state index contributed by atoms with van der Waals surface area (Å²) >= 11 is 5.97. The van der Waals surface area contributed by atoms with Gasteiger partial charge in [0.25, 0.3) is 0 Å². The van der Waals surface area contributed by atoms with E-state index >= 15 is 0 Å². The minimum Gasteiger partial charge on any atom is -0.326 e. The van der Waals surface area contributed by atoms with E-state index in [1.807, 2.05) is 13.0 Å². The molecule has 0 bridgehead atoms. The number of carbonyl (C=O) groups excluding carboxylic acids is 1. The Bertz CT molecular complexity index is 598. The first-order chi connectivity index (χ1) is 8.85. The Morgan fingerprint density at radius 3 is 2.79 bits per heavy atom. The Morgan fingerprint density at radius 1 is 1.47 bits per heavy atom. The van der Waals surface area contributed by atoms with Crippen molar-refractivity contribution >= 4 is 33.0 Å². The lowest BCUT2D eigenvalue weighted by Gasteiger charge is -2.09. The Hall–Kier alpha value is -1.07. The summed E-state index contributed by atoms with van der Waals surface area (Å²) in [6.45, 7) is 1.89. The maximum absolute atomic E-state index is 11.8. The lowest BCUT2D eigenvalue weighted by Crippen LogP contribution is -2.17. The first-order valence-corrected chi connectivity index (χ1v) is 8.32. The molecule has 1 heterocycles. The van der Waals surface area contributed by atoms with Crippen molar-refractivity contribution in [3.8, 4) is 0 Å². The zero-order chi connectivity index (χ0) is 14.0. The van der Waals surface area contributed by atoms with Crippen LogP contribution >= 0.6 is 11.6 Å². The van der Waals surface area contributed by atoms with E-state index in [0.717, 1.165) is 5.56 Å². The summed E-state index contributed by atoms with van der Waals surface area (Å²) in [5, 5.41) is 3.34. The Labute approximate surface area is 118 Å². The van der Waals surface area contributed by atoms with Gasteiger partial charge in [0.1, 0.15) is 0 Å². The monoisotopic (exact) mass is 301 g/mol. The quantitative estimate of drug-likeness (QED) is 0.932. The van der Waals surface area contributed by atoms with E-state index in [-0.39, 0.29) is 29.8 Å². The predicted molar refractivity (Wildman–Crippen MR) is 76.2 cm³/mol. The number of hydrogen-bond acceptors (Lipinski definition) is 3. The van der Waals surface area contributed by atoms with Crippen LogP contribution in [0.3, 0.4) is 0 Å². The van der Waals surface area contributed by atoms with Crippen molar-refractivity contribution in [3.05, 3.63) is 28.8 Å². The molecule has 1 aliphatic heterocycles. The molecule has 2 rings (SSSR count). The van der Waals surface area contributed by atoms with Crippen molar-refractivity contribution in [2.45, 2.75) is 19.8 Å². The molecule has 0 aromatic heterocycles. The van der Waals surface area contributed by atoms with Crippen LogP contribution in [0.15, 0.2) is 18.2 Å². The fourth-order valence-electron chi connectivity index (χ4n) is 2.18. The van der Waals surface area contributed by atoms with Crippen molar-refractivity contribution < 1.29 is 13.2 Å². The number of rotatable bonds is 3. The maximum Gasteiger partial charge on any atom is 0.224 e. The van der Waals surface area contributed by atoms with E-state index in [1.165, 1.54) is 0 Å². The topological polar surface area (TPSA) is 63.2 Å². The first-order valence-electron chi connectivity index (χ1n) is 6.12. The molecule has 1 atom stereocenters. The molecule has 4 nitrogen and oxygen atoms in total. The van der Waals surface area contributed by atoms with Crippen LogP contribution in [0.2, 0.25) is 5.02 Å². The van der Waals surface area contributed by atoms with E-state index < -0.39 is 9.84 Å². The molecule has 19 heavy (non-hydrogen) atoms. The molecule has 1 saturated heterocycles. The van der Waals surface area contributed by atoms with Crippen molar-refractivity contribution in [1.29, 1.82) is 0 Å². The highest BCUT2D eigenvalue weighted by Gasteiger charge is 2.29. The van der Waals surface area contributed by atoms with Gasteiger partial charge in [-0.3, -0.25) is 4.79 Å². The van der Waals surface area contributed by atoms with Gasteiger partial charge in [0.05, 0.1) is 11.5 Å². The van der Waals surface area contributed by atoms with E-state index in [1.54, 1.807) is 12.1 Å². The largest absolute Gasteiger partial charge is 0.326 e. The minimum absolute atomic E-state index is 0.0640. The summed E-state index contributed by atoms with van der Waals surface area (Å²) in [6, 6.07) is 5.31. The summed E-state index contributed by atoms with van der Waals surface area (Å²) in [5.41, 5.74) is 1.59. The number of hydrogen-bond donors (Lipinski definition) is 1. The number of carbonyl (C=O) groups is 1. The van der Waals surface area contributed by atoms with E-state index in [0.29, 0.717) is 17.1 Å².